The predicted molar refractivity (Wildman–Crippen MR) is 66.8 cm³/mol. The minimum atomic E-state index is 0.791. The zero-order chi connectivity index (χ0) is 10.1. The topological polar surface area (TPSA) is 30.2 Å². The van der Waals surface area contributed by atoms with Crippen LogP contribution in [0.15, 0.2) is 17.4 Å². The number of nitrogens with zero attached hydrogens (tertiary/aromatic N) is 3. The van der Waals surface area contributed by atoms with Crippen LogP contribution < -0.4 is 0 Å². The van der Waals surface area contributed by atoms with Gasteiger partial charge in [-0.15, -0.1) is 11.8 Å². The van der Waals surface area contributed by atoms with Gasteiger partial charge in [0.15, 0.2) is 0 Å². The Morgan fingerprint density at radius 3 is 3.07 bits per heavy atom. The largest absolute Gasteiger partial charge is 0.277 e. The summed E-state index contributed by atoms with van der Waals surface area (Å²) in [6.07, 6.45) is 3.91. The number of imidazole rings is 1. The van der Waals surface area contributed by atoms with Crippen LogP contribution in [0.25, 0.3) is 5.78 Å². The van der Waals surface area contributed by atoms with E-state index >= 15 is 0 Å². The molecule has 0 aliphatic heterocycles. The van der Waals surface area contributed by atoms with E-state index in [1.165, 1.54) is 5.03 Å². The SMILES string of the molecule is CCSc1c(C)nc2ncc(I)cn12. The van der Waals surface area contributed by atoms with Crippen LogP contribution in [0.4, 0.5) is 0 Å². The maximum Gasteiger partial charge on any atom is 0.234 e. The fourth-order valence-corrected chi connectivity index (χ4v) is 2.53. The number of rotatable bonds is 2. The van der Waals surface area contributed by atoms with Crippen molar-refractivity contribution in [2.75, 3.05) is 5.75 Å². The second-order valence-electron chi connectivity index (χ2n) is 2.88. The Hall–Kier alpha value is -0.300. The molecule has 0 radical (unpaired) electrons. The van der Waals surface area contributed by atoms with Crippen molar-refractivity contribution < 1.29 is 0 Å². The number of fused-ring (bicyclic) bond motifs is 1. The standard InChI is InChI=1S/C9H10IN3S/c1-3-14-8-6(2)12-9-11-4-7(10)5-13(8)9/h4-5H,3H2,1-2H3. The summed E-state index contributed by atoms with van der Waals surface area (Å²) in [6, 6.07) is 0. The Balaban J connectivity index is 2.66. The van der Waals surface area contributed by atoms with E-state index in [0.29, 0.717) is 0 Å². The van der Waals surface area contributed by atoms with E-state index in [4.69, 9.17) is 0 Å². The molecule has 0 atom stereocenters. The molecule has 0 saturated carbocycles. The van der Waals surface area contributed by atoms with Gasteiger partial charge in [0.25, 0.3) is 0 Å². The molecule has 0 aliphatic rings. The molecule has 3 nitrogen and oxygen atoms in total. The lowest BCUT2D eigenvalue weighted by molar-refractivity contribution is 0.991. The van der Waals surface area contributed by atoms with Gasteiger partial charge in [0.05, 0.1) is 5.69 Å². The minimum absolute atomic E-state index is 0.791. The van der Waals surface area contributed by atoms with E-state index < -0.39 is 0 Å². The number of hydrogen-bond donors (Lipinski definition) is 0. The molecule has 0 N–H and O–H groups in total. The monoisotopic (exact) mass is 319 g/mol. The summed E-state index contributed by atoms with van der Waals surface area (Å²) in [6.45, 7) is 4.17. The normalized spacial score (nSPS) is 11.1. The third-order valence-electron chi connectivity index (χ3n) is 1.85. The van der Waals surface area contributed by atoms with Crippen molar-refractivity contribution in [3.05, 3.63) is 21.7 Å². The molecule has 2 rings (SSSR count). The van der Waals surface area contributed by atoms with Crippen molar-refractivity contribution >= 4 is 40.1 Å². The van der Waals surface area contributed by atoms with E-state index in [0.717, 1.165) is 20.8 Å². The van der Waals surface area contributed by atoms with Crippen molar-refractivity contribution in [3.8, 4) is 0 Å². The van der Waals surface area contributed by atoms with Crippen LogP contribution in [-0.2, 0) is 0 Å². The first kappa shape index (κ1) is 10.2. The minimum Gasteiger partial charge on any atom is -0.277 e. The molecule has 0 unspecified atom stereocenters. The highest BCUT2D eigenvalue weighted by Gasteiger charge is 2.08. The molecule has 0 aromatic carbocycles. The summed E-state index contributed by atoms with van der Waals surface area (Å²) in [5.74, 6) is 1.85. The maximum atomic E-state index is 4.40. The molecular formula is C9H10IN3S. The van der Waals surface area contributed by atoms with E-state index in [2.05, 4.69) is 50.1 Å². The van der Waals surface area contributed by atoms with E-state index in [1.807, 2.05) is 13.1 Å². The molecule has 0 bridgehead atoms. The van der Waals surface area contributed by atoms with Crippen LogP contribution in [0, 0.1) is 10.5 Å². The third-order valence-corrected chi connectivity index (χ3v) is 3.46. The van der Waals surface area contributed by atoms with Crippen molar-refractivity contribution in [2.24, 2.45) is 0 Å². The quantitative estimate of drug-likeness (QED) is 0.630. The molecular weight excluding hydrogens is 309 g/mol. The van der Waals surface area contributed by atoms with Gasteiger partial charge in [0.1, 0.15) is 5.03 Å². The van der Waals surface area contributed by atoms with Crippen LogP contribution in [-0.4, -0.2) is 20.1 Å². The van der Waals surface area contributed by atoms with Crippen LogP contribution >= 0.6 is 34.4 Å². The second kappa shape index (κ2) is 4.06. The van der Waals surface area contributed by atoms with Crippen LogP contribution in [0.3, 0.4) is 0 Å². The zero-order valence-corrected chi connectivity index (χ0v) is 11.0. The average Bonchev–Trinajstić information content (AvgIpc) is 2.45. The van der Waals surface area contributed by atoms with E-state index in [-0.39, 0.29) is 0 Å². The highest BCUT2D eigenvalue weighted by Crippen LogP contribution is 2.23. The van der Waals surface area contributed by atoms with Crippen LogP contribution in [0.5, 0.6) is 0 Å². The van der Waals surface area contributed by atoms with Gasteiger partial charge in [0.2, 0.25) is 5.78 Å². The van der Waals surface area contributed by atoms with Gasteiger partial charge in [-0.3, -0.25) is 4.40 Å². The molecule has 5 heteroatoms. The molecule has 0 spiro atoms. The Labute approximate surface area is 100 Å². The Bertz CT molecular complexity index is 466. The van der Waals surface area contributed by atoms with Gasteiger partial charge < -0.3 is 0 Å². The Morgan fingerprint density at radius 1 is 1.57 bits per heavy atom. The van der Waals surface area contributed by atoms with Crippen LogP contribution in [0.2, 0.25) is 0 Å². The molecule has 0 saturated heterocycles. The fraction of sp³-hybridized carbons (Fsp3) is 0.333. The summed E-state index contributed by atoms with van der Waals surface area (Å²) < 4.78 is 3.19. The smallest absolute Gasteiger partial charge is 0.234 e. The molecule has 0 amide bonds. The molecule has 0 fully saturated rings. The molecule has 74 valence electrons. The number of aromatic nitrogens is 3. The van der Waals surface area contributed by atoms with Crippen LogP contribution in [0.1, 0.15) is 12.6 Å². The molecule has 2 aromatic heterocycles. The summed E-state index contributed by atoms with van der Waals surface area (Å²) in [5.41, 5.74) is 1.06. The fourth-order valence-electron chi connectivity index (χ4n) is 1.31. The van der Waals surface area contributed by atoms with Gasteiger partial charge >= 0.3 is 0 Å². The highest BCUT2D eigenvalue weighted by atomic mass is 127. The van der Waals surface area contributed by atoms with E-state index in [1.54, 1.807) is 11.8 Å². The molecule has 0 aliphatic carbocycles. The first-order valence-corrected chi connectivity index (χ1v) is 6.42. The van der Waals surface area contributed by atoms with Gasteiger partial charge in [0, 0.05) is 16.0 Å². The third kappa shape index (κ3) is 1.75. The zero-order valence-electron chi connectivity index (χ0n) is 7.99. The second-order valence-corrected chi connectivity index (χ2v) is 5.38. The maximum absolute atomic E-state index is 4.40. The average molecular weight is 319 g/mol. The summed E-state index contributed by atoms with van der Waals surface area (Å²) in [7, 11) is 0. The molecule has 2 aromatic rings. The Morgan fingerprint density at radius 2 is 2.36 bits per heavy atom. The van der Waals surface area contributed by atoms with E-state index in [9.17, 15) is 0 Å². The molecule has 2 heterocycles. The molecule has 14 heavy (non-hydrogen) atoms. The van der Waals surface area contributed by atoms with Gasteiger partial charge in [-0.25, -0.2) is 9.97 Å². The van der Waals surface area contributed by atoms with Crippen molar-refractivity contribution in [2.45, 2.75) is 18.9 Å². The summed E-state index contributed by atoms with van der Waals surface area (Å²) in [4.78, 5) is 8.68. The number of halogens is 1. The number of hydrogen-bond acceptors (Lipinski definition) is 3. The van der Waals surface area contributed by atoms with Gasteiger partial charge in [-0.05, 0) is 35.3 Å². The van der Waals surface area contributed by atoms with Crippen molar-refractivity contribution in [3.63, 3.8) is 0 Å². The lowest BCUT2D eigenvalue weighted by Crippen LogP contribution is -1.91. The summed E-state index contributed by atoms with van der Waals surface area (Å²) >= 11 is 4.07. The lowest BCUT2D eigenvalue weighted by atomic mass is 10.6. The first-order valence-electron chi connectivity index (χ1n) is 4.35. The summed E-state index contributed by atoms with van der Waals surface area (Å²) in [5, 5.41) is 1.20. The number of thioether (sulfide) groups is 1. The van der Waals surface area contributed by atoms with Crippen molar-refractivity contribution in [1.82, 2.24) is 14.4 Å². The Kier molecular flexibility index (Phi) is 2.96. The first-order chi connectivity index (χ1) is 6.72. The van der Waals surface area contributed by atoms with Gasteiger partial charge in [-0.2, -0.15) is 0 Å². The highest BCUT2D eigenvalue weighted by molar-refractivity contribution is 14.1. The lowest BCUT2D eigenvalue weighted by Gasteiger charge is -1.99. The predicted octanol–water partition coefficient (Wildman–Crippen LogP) is 2.75. The number of aryl methyl sites for hydroxylation is 1. The van der Waals surface area contributed by atoms with Gasteiger partial charge in [-0.1, -0.05) is 6.92 Å². The van der Waals surface area contributed by atoms with Crippen molar-refractivity contribution in [1.29, 1.82) is 0 Å².